The van der Waals surface area contributed by atoms with Gasteiger partial charge in [0.25, 0.3) is 0 Å². The van der Waals surface area contributed by atoms with Crippen LogP contribution in [0.3, 0.4) is 0 Å². The van der Waals surface area contributed by atoms with Crippen LogP contribution >= 0.6 is 11.8 Å². The SMILES string of the molecule is CSc1cc(Oc2ccnc3c2CC(=O)C=N3)ccc1CC(=O)Cc1cc(C(F)(F)F)ccc1F. The number of nitrogens with zero attached hydrogens (tertiary/aromatic N) is 2. The molecule has 5 nitrogen and oxygen atoms in total. The standard InChI is InChI=1S/C25H18F4N2O3S/c1-35-23-12-19(34-22-6-7-30-24-20(22)11-18(33)13-31-24)4-2-14(23)9-17(32)10-15-8-16(25(27,28)29)3-5-21(15)26/h2-8,12-13H,9-11H2,1H3. The first kappa shape index (κ1) is 24.6. The average molecular weight is 502 g/mol. The number of carbonyl (C=O) groups is 2. The lowest BCUT2D eigenvalue weighted by molar-refractivity contribution is -0.137. The molecule has 0 spiro atoms. The van der Waals surface area contributed by atoms with E-state index in [4.69, 9.17) is 4.74 Å². The van der Waals surface area contributed by atoms with E-state index in [1.54, 1.807) is 30.5 Å². The van der Waals surface area contributed by atoms with Gasteiger partial charge in [-0.1, -0.05) is 6.07 Å². The number of aromatic nitrogens is 1. The Morgan fingerprint density at radius 3 is 2.60 bits per heavy atom. The van der Waals surface area contributed by atoms with Gasteiger partial charge in [0.05, 0.1) is 11.8 Å². The van der Waals surface area contributed by atoms with E-state index in [0.717, 1.165) is 11.0 Å². The van der Waals surface area contributed by atoms with Crippen molar-refractivity contribution in [1.82, 2.24) is 4.98 Å². The number of thioether (sulfide) groups is 1. The Balaban J connectivity index is 1.51. The molecule has 1 aliphatic heterocycles. The molecule has 1 aliphatic rings. The molecule has 0 unspecified atom stereocenters. The number of hydrogen-bond acceptors (Lipinski definition) is 6. The zero-order valence-corrected chi connectivity index (χ0v) is 19.2. The molecule has 0 N–H and O–H groups in total. The van der Waals surface area contributed by atoms with Crippen LogP contribution in [0.5, 0.6) is 11.5 Å². The zero-order chi connectivity index (χ0) is 25.2. The molecule has 0 saturated carbocycles. The number of rotatable bonds is 7. The van der Waals surface area contributed by atoms with Crippen molar-refractivity contribution < 1.29 is 31.9 Å². The van der Waals surface area contributed by atoms with Crippen LogP contribution in [0.25, 0.3) is 0 Å². The second-order valence-corrected chi connectivity index (χ2v) is 8.63. The lowest BCUT2D eigenvalue weighted by Crippen LogP contribution is -2.11. The number of ether oxygens (including phenoxy) is 1. The first-order valence-corrected chi connectivity index (χ1v) is 11.6. The largest absolute Gasteiger partial charge is 0.457 e. The van der Waals surface area contributed by atoms with Crippen molar-refractivity contribution in [2.75, 3.05) is 6.26 Å². The van der Waals surface area contributed by atoms with Crippen LogP contribution in [-0.2, 0) is 35.0 Å². The first-order chi connectivity index (χ1) is 16.6. The Kier molecular flexibility index (Phi) is 7.02. The lowest BCUT2D eigenvalue weighted by atomic mass is 10.0. The van der Waals surface area contributed by atoms with E-state index < -0.39 is 29.8 Å². The quantitative estimate of drug-likeness (QED) is 0.296. The maximum atomic E-state index is 14.0. The molecule has 0 atom stereocenters. The van der Waals surface area contributed by atoms with Gasteiger partial charge in [0.15, 0.2) is 11.6 Å². The Labute approximate surface area is 202 Å². The van der Waals surface area contributed by atoms with Gasteiger partial charge in [-0.15, -0.1) is 11.8 Å². The summed E-state index contributed by atoms with van der Waals surface area (Å²) in [7, 11) is 0. The van der Waals surface area contributed by atoms with Crippen molar-refractivity contribution in [3.8, 4) is 11.5 Å². The van der Waals surface area contributed by atoms with Crippen LogP contribution < -0.4 is 4.74 Å². The molecular formula is C25H18F4N2O3S. The minimum Gasteiger partial charge on any atom is -0.457 e. The summed E-state index contributed by atoms with van der Waals surface area (Å²) in [6.45, 7) is 0. The number of halogens is 4. The van der Waals surface area contributed by atoms with Crippen molar-refractivity contribution in [1.29, 1.82) is 0 Å². The first-order valence-electron chi connectivity index (χ1n) is 10.4. The molecule has 0 fully saturated rings. The van der Waals surface area contributed by atoms with Gasteiger partial charge in [0.1, 0.15) is 23.1 Å². The summed E-state index contributed by atoms with van der Waals surface area (Å²) in [6, 6.07) is 8.72. The zero-order valence-electron chi connectivity index (χ0n) is 18.4. The summed E-state index contributed by atoms with van der Waals surface area (Å²) < 4.78 is 58.8. The summed E-state index contributed by atoms with van der Waals surface area (Å²) >= 11 is 1.36. The Morgan fingerprint density at radius 1 is 1.09 bits per heavy atom. The molecule has 2 heterocycles. The minimum absolute atomic E-state index is 0.0833. The van der Waals surface area contributed by atoms with Crippen LogP contribution in [0.1, 0.15) is 22.3 Å². The topological polar surface area (TPSA) is 68.6 Å². The molecule has 0 aliphatic carbocycles. The van der Waals surface area contributed by atoms with Crippen molar-refractivity contribution in [3.05, 3.63) is 76.7 Å². The third-order valence-corrected chi connectivity index (χ3v) is 6.13. The van der Waals surface area contributed by atoms with Crippen LogP contribution in [0, 0.1) is 5.82 Å². The van der Waals surface area contributed by atoms with Gasteiger partial charge >= 0.3 is 6.18 Å². The fraction of sp³-hybridized carbons (Fsp3) is 0.200. The van der Waals surface area contributed by atoms with Crippen molar-refractivity contribution in [3.63, 3.8) is 0 Å². The van der Waals surface area contributed by atoms with Crippen molar-refractivity contribution >= 4 is 35.4 Å². The highest BCUT2D eigenvalue weighted by Crippen LogP contribution is 2.35. The average Bonchev–Trinajstić information content (AvgIpc) is 2.81. The molecule has 0 radical (unpaired) electrons. The highest BCUT2D eigenvalue weighted by Gasteiger charge is 2.31. The molecule has 1 aromatic heterocycles. The smallest absolute Gasteiger partial charge is 0.416 e. The minimum atomic E-state index is -4.62. The number of carbonyl (C=O) groups excluding carboxylic acids is 2. The molecule has 4 rings (SSSR count). The molecule has 0 amide bonds. The maximum absolute atomic E-state index is 14.0. The summed E-state index contributed by atoms with van der Waals surface area (Å²) in [5, 5.41) is 0. The number of alkyl halides is 3. The fourth-order valence-corrected chi connectivity index (χ4v) is 4.26. The highest BCUT2D eigenvalue weighted by atomic mass is 32.2. The predicted molar refractivity (Wildman–Crippen MR) is 123 cm³/mol. The van der Waals surface area contributed by atoms with Crippen LogP contribution in [0.15, 0.2) is 58.5 Å². The third kappa shape index (κ3) is 5.76. The van der Waals surface area contributed by atoms with Crippen LogP contribution in [0.4, 0.5) is 23.4 Å². The summed E-state index contributed by atoms with van der Waals surface area (Å²) in [6.07, 6.45) is -0.489. The number of ketones is 2. The van der Waals surface area contributed by atoms with E-state index in [1.807, 2.05) is 0 Å². The number of hydrogen-bond donors (Lipinski definition) is 0. The van der Waals surface area contributed by atoms with Gasteiger partial charge in [-0.3, -0.25) is 9.59 Å². The molecule has 0 saturated heterocycles. The molecular weight excluding hydrogens is 484 g/mol. The summed E-state index contributed by atoms with van der Waals surface area (Å²) in [5.74, 6) is -0.126. The monoisotopic (exact) mass is 502 g/mol. The Bertz CT molecular complexity index is 1340. The van der Waals surface area contributed by atoms with E-state index >= 15 is 0 Å². The number of fused-ring (bicyclic) bond motifs is 1. The van der Waals surface area contributed by atoms with Crippen molar-refractivity contribution in [2.24, 2.45) is 4.99 Å². The summed E-state index contributed by atoms with van der Waals surface area (Å²) in [4.78, 5) is 33.2. The number of aliphatic imine (C=N–C) groups is 1. The van der Waals surface area contributed by atoms with Gasteiger partial charge in [-0.2, -0.15) is 13.2 Å². The predicted octanol–water partition coefficient (Wildman–Crippen LogP) is 5.94. The summed E-state index contributed by atoms with van der Waals surface area (Å²) in [5.41, 5.74) is -0.0827. The second kappa shape index (κ2) is 9.99. The van der Waals surface area contributed by atoms with Gasteiger partial charge in [0, 0.05) is 35.9 Å². The molecule has 2 aromatic carbocycles. The van der Waals surface area contributed by atoms with Crippen LogP contribution in [0.2, 0.25) is 0 Å². The highest BCUT2D eigenvalue weighted by molar-refractivity contribution is 7.98. The number of benzene rings is 2. The maximum Gasteiger partial charge on any atom is 0.416 e. The number of Topliss-reactive ketones (excluding diaryl/α,β-unsaturated/α-hetero) is 2. The van der Waals surface area contributed by atoms with Gasteiger partial charge < -0.3 is 4.74 Å². The molecule has 3 aromatic rings. The van der Waals surface area contributed by atoms with Gasteiger partial charge in [-0.05, 0) is 53.8 Å². The molecule has 180 valence electrons. The second-order valence-electron chi connectivity index (χ2n) is 7.78. The normalized spacial score (nSPS) is 13.0. The molecule has 35 heavy (non-hydrogen) atoms. The lowest BCUT2D eigenvalue weighted by Gasteiger charge is -2.15. The van der Waals surface area contributed by atoms with Crippen molar-refractivity contribution in [2.45, 2.75) is 30.3 Å². The Morgan fingerprint density at radius 2 is 1.86 bits per heavy atom. The number of pyridine rings is 1. The van der Waals surface area contributed by atoms with E-state index in [9.17, 15) is 27.2 Å². The molecule has 10 heteroatoms. The van der Waals surface area contributed by atoms with E-state index in [2.05, 4.69) is 9.98 Å². The van der Waals surface area contributed by atoms with E-state index in [1.165, 1.54) is 24.2 Å². The van der Waals surface area contributed by atoms with E-state index in [-0.39, 0.29) is 24.2 Å². The third-order valence-electron chi connectivity index (χ3n) is 5.31. The fourth-order valence-electron chi connectivity index (χ4n) is 3.63. The van der Waals surface area contributed by atoms with Gasteiger partial charge in [0.2, 0.25) is 0 Å². The van der Waals surface area contributed by atoms with Gasteiger partial charge in [-0.25, -0.2) is 14.4 Å². The van der Waals surface area contributed by atoms with Crippen LogP contribution in [-0.4, -0.2) is 29.0 Å². The molecule has 0 bridgehead atoms. The van der Waals surface area contributed by atoms with E-state index in [0.29, 0.717) is 40.6 Å². The Hall–Kier alpha value is -3.53.